The van der Waals surface area contributed by atoms with Gasteiger partial charge in [0.2, 0.25) is 0 Å². The molecule has 1 amide bonds. The van der Waals surface area contributed by atoms with Gasteiger partial charge >= 0.3 is 11.8 Å². The van der Waals surface area contributed by atoms with Crippen molar-refractivity contribution in [1.82, 2.24) is 0 Å². The van der Waals surface area contributed by atoms with Crippen LogP contribution < -0.4 is 9.64 Å². The lowest BCUT2D eigenvalue weighted by Gasteiger charge is -2.24. The van der Waals surface area contributed by atoms with Gasteiger partial charge in [0.05, 0.1) is 18.7 Å². The van der Waals surface area contributed by atoms with E-state index in [2.05, 4.69) is 0 Å². The number of aliphatic hydroxyl groups excluding tert-OH is 1. The van der Waals surface area contributed by atoms with Gasteiger partial charge in [-0.15, -0.1) is 0 Å². The monoisotopic (exact) mass is 296 g/mol. The van der Waals surface area contributed by atoms with Gasteiger partial charge in [-0.1, -0.05) is 6.92 Å². The highest BCUT2D eigenvalue weighted by Crippen LogP contribution is 2.39. The number of ether oxygens (including phenoxy) is 1. The van der Waals surface area contributed by atoms with Crippen molar-refractivity contribution < 1.29 is 23.4 Å². The average Bonchev–Trinajstić information content (AvgIpc) is 2.66. The molecule has 0 aromatic heterocycles. The van der Waals surface area contributed by atoms with E-state index < -0.39 is 24.0 Å². The van der Waals surface area contributed by atoms with Crippen LogP contribution in [-0.2, 0) is 4.79 Å². The highest BCUT2D eigenvalue weighted by Gasteiger charge is 2.61. The summed E-state index contributed by atoms with van der Waals surface area (Å²) in [6.07, 6.45) is -1.89. The summed E-state index contributed by atoms with van der Waals surface area (Å²) in [5.41, 5.74) is 0.396. The fourth-order valence-electron chi connectivity index (χ4n) is 2.46. The van der Waals surface area contributed by atoms with E-state index in [0.717, 1.165) is 4.90 Å². The number of methoxy groups -OCH3 is 1. The van der Waals surface area contributed by atoms with Gasteiger partial charge in [0.1, 0.15) is 17.9 Å². The molecule has 2 atom stereocenters. The molecular formula is C14H14F2N2O3. The van der Waals surface area contributed by atoms with E-state index in [1.54, 1.807) is 6.92 Å². The van der Waals surface area contributed by atoms with Crippen LogP contribution >= 0.6 is 0 Å². The molecule has 1 heterocycles. The minimum atomic E-state index is -3.82. The van der Waals surface area contributed by atoms with Crippen LogP contribution in [0.3, 0.4) is 0 Å². The summed E-state index contributed by atoms with van der Waals surface area (Å²) in [7, 11) is 1.34. The van der Waals surface area contributed by atoms with Gasteiger partial charge in [-0.3, -0.25) is 4.79 Å². The van der Waals surface area contributed by atoms with Gasteiger partial charge in [0.25, 0.3) is 0 Å². The molecule has 2 rings (SSSR count). The van der Waals surface area contributed by atoms with Crippen molar-refractivity contribution in [2.75, 3.05) is 12.0 Å². The molecule has 1 aliphatic rings. The molecule has 1 N–H and O–H groups in total. The number of benzene rings is 1. The van der Waals surface area contributed by atoms with Crippen LogP contribution in [0.4, 0.5) is 14.5 Å². The second kappa shape index (κ2) is 5.30. The van der Waals surface area contributed by atoms with Crippen molar-refractivity contribution in [2.24, 2.45) is 0 Å². The second-order valence-corrected chi connectivity index (χ2v) is 4.71. The van der Waals surface area contributed by atoms with Crippen LogP contribution in [0.25, 0.3) is 0 Å². The van der Waals surface area contributed by atoms with E-state index in [-0.39, 0.29) is 23.4 Å². The van der Waals surface area contributed by atoms with E-state index in [9.17, 15) is 18.7 Å². The fraction of sp³-hybridized carbons (Fsp3) is 0.429. The fourth-order valence-corrected chi connectivity index (χ4v) is 2.46. The number of carbonyl (C=O) groups excluding carboxylic acids is 1. The maximum absolute atomic E-state index is 13.7. The van der Waals surface area contributed by atoms with Crippen molar-refractivity contribution in [3.05, 3.63) is 23.8 Å². The summed E-state index contributed by atoms with van der Waals surface area (Å²) in [4.78, 5) is 12.7. The first kappa shape index (κ1) is 15.2. The van der Waals surface area contributed by atoms with Gasteiger partial charge in [-0.2, -0.15) is 14.0 Å². The molecule has 112 valence electrons. The zero-order chi connectivity index (χ0) is 15.8. The number of hydrogen-bond acceptors (Lipinski definition) is 4. The van der Waals surface area contributed by atoms with Crippen molar-refractivity contribution in [3.63, 3.8) is 0 Å². The van der Waals surface area contributed by atoms with Crippen molar-refractivity contribution in [3.8, 4) is 11.8 Å². The third kappa shape index (κ3) is 2.21. The highest BCUT2D eigenvalue weighted by molar-refractivity contribution is 6.02. The highest BCUT2D eigenvalue weighted by atomic mass is 19.3. The summed E-state index contributed by atoms with van der Waals surface area (Å²) in [6, 6.07) is 4.99. The van der Waals surface area contributed by atoms with Crippen LogP contribution in [0.2, 0.25) is 0 Å². The Morgan fingerprint density at radius 1 is 1.52 bits per heavy atom. The van der Waals surface area contributed by atoms with Crippen molar-refractivity contribution in [1.29, 1.82) is 5.26 Å². The number of alkyl halides is 2. The lowest BCUT2D eigenvalue weighted by molar-refractivity contribution is -0.149. The van der Waals surface area contributed by atoms with Crippen LogP contribution in [0.15, 0.2) is 18.2 Å². The second-order valence-electron chi connectivity index (χ2n) is 4.71. The van der Waals surface area contributed by atoms with E-state index in [4.69, 9.17) is 10.00 Å². The summed E-state index contributed by atoms with van der Waals surface area (Å²) in [5, 5.41) is 18.6. The number of rotatable bonds is 3. The normalized spacial score (nSPS) is 24.0. The molecule has 0 spiro atoms. The van der Waals surface area contributed by atoms with Crippen LogP contribution in [0, 0.1) is 11.3 Å². The molecule has 1 saturated heterocycles. The molecule has 0 bridgehead atoms. The molecule has 1 aromatic rings. The van der Waals surface area contributed by atoms with Crippen LogP contribution in [0.5, 0.6) is 5.75 Å². The van der Waals surface area contributed by atoms with Crippen molar-refractivity contribution in [2.45, 2.75) is 31.4 Å². The predicted molar refractivity (Wildman–Crippen MR) is 70.2 cm³/mol. The number of hydrogen-bond donors (Lipinski definition) is 1. The first-order valence-corrected chi connectivity index (χ1v) is 6.36. The number of halogens is 2. The largest absolute Gasteiger partial charge is 0.495 e. The summed E-state index contributed by atoms with van der Waals surface area (Å²) >= 11 is 0. The Morgan fingerprint density at radius 3 is 2.71 bits per heavy atom. The van der Waals surface area contributed by atoms with E-state index in [1.807, 2.05) is 6.07 Å². The van der Waals surface area contributed by atoms with Gasteiger partial charge < -0.3 is 14.7 Å². The molecule has 7 heteroatoms. The van der Waals surface area contributed by atoms with Gasteiger partial charge in [0.15, 0.2) is 0 Å². The number of nitrogens with zero attached hydrogens (tertiary/aromatic N) is 2. The first-order chi connectivity index (χ1) is 9.88. The Kier molecular flexibility index (Phi) is 3.83. The van der Waals surface area contributed by atoms with E-state index in [1.165, 1.54) is 25.3 Å². The minimum Gasteiger partial charge on any atom is -0.495 e. The molecule has 1 fully saturated rings. The van der Waals surface area contributed by atoms with Crippen LogP contribution in [0.1, 0.15) is 18.9 Å². The number of anilines is 1. The lowest BCUT2D eigenvalue weighted by Crippen LogP contribution is -2.37. The number of carbonyl (C=O) groups is 1. The summed E-state index contributed by atoms with van der Waals surface area (Å²) < 4.78 is 32.4. The molecule has 21 heavy (non-hydrogen) atoms. The van der Waals surface area contributed by atoms with Gasteiger partial charge in [0, 0.05) is 11.8 Å². The van der Waals surface area contributed by atoms with Gasteiger partial charge in [-0.05, 0) is 18.6 Å². The zero-order valence-corrected chi connectivity index (χ0v) is 11.5. The van der Waals surface area contributed by atoms with Gasteiger partial charge in [-0.25, -0.2) is 0 Å². The minimum absolute atomic E-state index is 0.166. The molecule has 1 aliphatic heterocycles. The molecule has 0 radical (unpaired) electrons. The van der Waals surface area contributed by atoms with Crippen LogP contribution in [-0.4, -0.2) is 36.2 Å². The smallest absolute Gasteiger partial charge is 0.352 e. The predicted octanol–water partition coefficient (Wildman–Crippen LogP) is 1.69. The Bertz CT molecular complexity index is 613. The average molecular weight is 296 g/mol. The zero-order valence-electron chi connectivity index (χ0n) is 11.5. The number of aliphatic hydroxyl groups is 1. The molecule has 5 nitrogen and oxygen atoms in total. The Morgan fingerprint density at radius 2 is 2.19 bits per heavy atom. The maximum Gasteiger partial charge on any atom is 0.352 e. The Labute approximate surface area is 120 Å². The van der Waals surface area contributed by atoms with E-state index >= 15 is 0 Å². The Hall–Kier alpha value is -2.20. The molecular weight excluding hydrogens is 282 g/mol. The summed E-state index contributed by atoms with van der Waals surface area (Å²) in [5.74, 6) is -5.09. The third-order valence-corrected chi connectivity index (χ3v) is 3.57. The first-order valence-electron chi connectivity index (χ1n) is 6.36. The molecule has 0 aliphatic carbocycles. The quantitative estimate of drug-likeness (QED) is 0.921. The summed E-state index contributed by atoms with van der Waals surface area (Å²) in [6.45, 7) is 1.61. The molecule has 0 unspecified atom stereocenters. The Balaban J connectivity index is 2.50. The third-order valence-electron chi connectivity index (χ3n) is 3.57. The number of nitriles is 1. The molecule has 0 saturated carbocycles. The topological polar surface area (TPSA) is 73.6 Å². The number of amides is 1. The SMILES string of the molecule is CC[C@H]1[C@H](O)C(F)(F)C(=O)N1c1ccc(C#N)c(OC)c1. The standard InChI is InChI=1S/C14H14F2N2O3/c1-3-10-12(19)14(15,16)13(20)18(10)9-5-4-8(7-17)11(6-9)21-2/h4-6,10,12,19H,3H2,1-2H3/t10-,12-/m0/s1. The van der Waals surface area contributed by atoms with E-state index in [0.29, 0.717) is 0 Å². The lowest BCUT2D eigenvalue weighted by atomic mass is 10.1. The maximum atomic E-state index is 13.7. The van der Waals surface area contributed by atoms with Crippen molar-refractivity contribution >= 4 is 11.6 Å². The molecule has 1 aromatic carbocycles.